The second-order valence-electron chi connectivity index (χ2n) is 5.73. The zero-order chi connectivity index (χ0) is 13.8. The van der Waals surface area contributed by atoms with Crippen molar-refractivity contribution in [1.29, 1.82) is 0 Å². The van der Waals surface area contributed by atoms with Crippen molar-refractivity contribution in [2.24, 2.45) is 5.92 Å². The lowest BCUT2D eigenvalue weighted by molar-refractivity contribution is 0.173. The molecular weight excluding hydrogens is 304 g/mol. The number of rotatable bonds is 4. The van der Waals surface area contributed by atoms with Crippen LogP contribution >= 0.6 is 15.9 Å². The van der Waals surface area contributed by atoms with E-state index in [1.165, 1.54) is 31.5 Å². The summed E-state index contributed by atoms with van der Waals surface area (Å²) in [7, 11) is 4.38. The molecule has 1 fully saturated rings. The highest BCUT2D eigenvalue weighted by Gasteiger charge is 2.18. The number of halogens is 1. The summed E-state index contributed by atoms with van der Waals surface area (Å²) in [5.41, 5.74) is 1.24. The fraction of sp³-hybridized carbons (Fsp3) is 0.600. The lowest BCUT2D eigenvalue weighted by atomic mass is 9.96. The van der Waals surface area contributed by atoms with Gasteiger partial charge in [-0.05, 0) is 79.6 Å². The highest BCUT2D eigenvalue weighted by Crippen LogP contribution is 2.25. The van der Waals surface area contributed by atoms with Crippen LogP contribution in [0, 0.1) is 5.92 Å². The third-order valence-corrected chi connectivity index (χ3v) is 4.51. The molecule has 0 aliphatic carbocycles. The van der Waals surface area contributed by atoms with Gasteiger partial charge in [0.25, 0.3) is 0 Å². The molecule has 0 amide bonds. The Morgan fingerprint density at radius 1 is 1.37 bits per heavy atom. The van der Waals surface area contributed by atoms with E-state index in [0.717, 1.165) is 23.5 Å². The van der Waals surface area contributed by atoms with E-state index in [4.69, 9.17) is 0 Å². The van der Waals surface area contributed by atoms with E-state index >= 15 is 0 Å². The van der Waals surface area contributed by atoms with Crippen LogP contribution in [0.4, 0.5) is 0 Å². The minimum Gasteiger partial charge on any atom is -0.507 e. The zero-order valence-electron chi connectivity index (χ0n) is 11.8. The first kappa shape index (κ1) is 14.8. The Morgan fingerprint density at radius 2 is 2.05 bits per heavy atom. The molecule has 1 N–H and O–H groups in total. The van der Waals surface area contributed by atoms with E-state index < -0.39 is 0 Å². The van der Waals surface area contributed by atoms with E-state index in [-0.39, 0.29) is 0 Å². The van der Waals surface area contributed by atoms with Gasteiger partial charge in [-0.1, -0.05) is 6.07 Å². The minimum atomic E-state index is 0.307. The number of phenolic OH excluding ortho intramolecular Hbond substituents is 1. The van der Waals surface area contributed by atoms with Crippen LogP contribution < -0.4 is 0 Å². The predicted molar refractivity (Wildman–Crippen MR) is 82.4 cm³/mol. The molecule has 4 heteroatoms. The van der Waals surface area contributed by atoms with Crippen molar-refractivity contribution in [3.05, 3.63) is 28.2 Å². The lowest BCUT2D eigenvalue weighted by Crippen LogP contribution is -2.35. The maximum Gasteiger partial charge on any atom is 0.129 e. The van der Waals surface area contributed by atoms with Crippen LogP contribution in [-0.2, 0) is 6.54 Å². The van der Waals surface area contributed by atoms with Crippen LogP contribution in [0.3, 0.4) is 0 Å². The van der Waals surface area contributed by atoms with E-state index in [9.17, 15) is 5.11 Å². The smallest absolute Gasteiger partial charge is 0.129 e. The number of hydrogen-bond acceptors (Lipinski definition) is 3. The zero-order valence-corrected chi connectivity index (χ0v) is 13.4. The number of aromatic hydroxyl groups is 1. The number of hydrogen-bond donors (Lipinski definition) is 1. The number of benzene rings is 1. The van der Waals surface area contributed by atoms with Gasteiger partial charge in [-0.2, -0.15) is 0 Å². The van der Waals surface area contributed by atoms with Gasteiger partial charge in [0.2, 0.25) is 0 Å². The average molecular weight is 327 g/mol. The first-order chi connectivity index (χ1) is 9.04. The number of nitrogens with zero attached hydrogens (tertiary/aromatic N) is 2. The molecule has 1 saturated heterocycles. The van der Waals surface area contributed by atoms with Gasteiger partial charge in [0.05, 0.1) is 4.47 Å². The Hall–Kier alpha value is -0.580. The van der Waals surface area contributed by atoms with Crippen molar-refractivity contribution in [2.75, 3.05) is 33.7 Å². The molecule has 0 bridgehead atoms. The van der Waals surface area contributed by atoms with Crippen molar-refractivity contribution >= 4 is 15.9 Å². The third-order valence-electron chi connectivity index (χ3n) is 3.87. The highest BCUT2D eigenvalue weighted by molar-refractivity contribution is 9.10. The average Bonchev–Trinajstić information content (AvgIpc) is 2.37. The summed E-state index contributed by atoms with van der Waals surface area (Å²) >= 11 is 3.37. The Labute approximate surface area is 124 Å². The summed E-state index contributed by atoms with van der Waals surface area (Å²) in [4.78, 5) is 4.79. The highest BCUT2D eigenvalue weighted by atomic mass is 79.9. The fourth-order valence-electron chi connectivity index (χ4n) is 2.71. The molecule has 106 valence electrons. The summed E-state index contributed by atoms with van der Waals surface area (Å²) in [5.74, 6) is 1.13. The Bertz CT molecular complexity index is 417. The molecule has 1 aromatic carbocycles. The van der Waals surface area contributed by atoms with Crippen molar-refractivity contribution in [3.63, 3.8) is 0 Å². The molecule has 1 aliphatic rings. The summed E-state index contributed by atoms with van der Waals surface area (Å²) in [5, 5.41) is 9.50. The monoisotopic (exact) mass is 326 g/mol. The van der Waals surface area contributed by atoms with E-state index in [0.29, 0.717) is 5.75 Å². The molecule has 0 atom stereocenters. The Morgan fingerprint density at radius 3 is 2.68 bits per heavy atom. The standard InChI is InChI=1S/C15H23BrN2O/c1-17-7-5-12(6-8-17)10-18(2)11-13-3-4-15(19)14(16)9-13/h3-4,9,12,19H,5-8,10-11H2,1-2H3. The molecule has 3 nitrogen and oxygen atoms in total. The molecule has 2 rings (SSSR count). The summed E-state index contributed by atoms with van der Waals surface area (Å²) in [6.07, 6.45) is 2.61. The molecule has 0 spiro atoms. The normalized spacial score (nSPS) is 18.1. The third kappa shape index (κ3) is 4.48. The van der Waals surface area contributed by atoms with Crippen LogP contribution in [0.25, 0.3) is 0 Å². The van der Waals surface area contributed by atoms with Gasteiger partial charge in [0.1, 0.15) is 5.75 Å². The van der Waals surface area contributed by atoms with Gasteiger partial charge >= 0.3 is 0 Å². The Kier molecular flexibility index (Phi) is 5.25. The molecule has 1 aromatic rings. The maximum absolute atomic E-state index is 9.50. The number of likely N-dealkylation sites (tertiary alicyclic amines) is 1. The molecule has 1 aliphatic heterocycles. The van der Waals surface area contributed by atoms with Crippen molar-refractivity contribution in [2.45, 2.75) is 19.4 Å². The van der Waals surface area contributed by atoms with Crippen LogP contribution in [0.2, 0.25) is 0 Å². The lowest BCUT2D eigenvalue weighted by Gasteiger charge is -2.31. The quantitative estimate of drug-likeness (QED) is 0.921. The molecular formula is C15H23BrN2O. The summed E-state index contributed by atoms with van der Waals surface area (Å²) in [6, 6.07) is 5.74. The van der Waals surface area contributed by atoms with Crippen molar-refractivity contribution in [3.8, 4) is 5.75 Å². The van der Waals surface area contributed by atoms with Crippen molar-refractivity contribution < 1.29 is 5.11 Å². The van der Waals surface area contributed by atoms with Crippen molar-refractivity contribution in [1.82, 2.24) is 9.80 Å². The molecule has 0 radical (unpaired) electrons. The van der Waals surface area contributed by atoms with E-state index in [1.807, 2.05) is 12.1 Å². The second kappa shape index (κ2) is 6.73. The SMILES string of the molecule is CN1CCC(CN(C)Cc2ccc(O)c(Br)c2)CC1. The predicted octanol–water partition coefficient (Wildman–Crippen LogP) is 2.93. The van der Waals surface area contributed by atoms with Gasteiger partial charge in [0, 0.05) is 13.1 Å². The van der Waals surface area contributed by atoms with Crippen LogP contribution in [-0.4, -0.2) is 48.6 Å². The topological polar surface area (TPSA) is 26.7 Å². The van der Waals surface area contributed by atoms with Gasteiger partial charge in [-0.15, -0.1) is 0 Å². The van der Waals surface area contributed by atoms with E-state index in [2.05, 4.69) is 39.8 Å². The molecule has 0 saturated carbocycles. The van der Waals surface area contributed by atoms with Crippen LogP contribution in [0.1, 0.15) is 18.4 Å². The van der Waals surface area contributed by atoms with Gasteiger partial charge < -0.3 is 14.9 Å². The molecule has 1 heterocycles. The second-order valence-corrected chi connectivity index (χ2v) is 6.58. The largest absolute Gasteiger partial charge is 0.507 e. The van der Waals surface area contributed by atoms with Gasteiger partial charge in [-0.25, -0.2) is 0 Å². The molecule has 0 aromatic heterocycles. The van der Waals surface area contributed by atoms with Crippen LogP contribution in [0.15, 0.2) is 22.7 Å². The molecule has 0 unspecified atom stereocenters. The van der Waals surface area contributed by atoms with Crippen LogP contribution in [0.5, 0.6) is 5.75 Å². The number of phenols is 1. The number of piperidine rings is 1. The summed E-state index contributed by atoms with van der Waals surface area (Å²) < 4.78 is 0.776. The minimum absolute atomic E-state index is 0.307. The van der Waals surface area contributed by atoms with E-state index in [1.54, 1.807) is 6.07 Å². The first-order valence-corrected chi connectivity index (χ1v) is 7.68. The Balaban J connectivity index is 1.83. The summed E-state index contributed by atoms with van der Waals surface area (Å²) in [6.45, 7) is 4.55. The first-order valence-electron chi connectivity index (χ1n) is 6.89. The van der Waals surface area contributed by atoms with Gasteiger partial charge in [-0.3, -0.25) is 0 Å². The fourth-order valence-corrected chi connectivity index (χ4v) is 3.14. The van der Waals surface area contributed by atoms with Gasteiger partial charge in [0.15, 0.2) is 0 Å². The molecule has 19 heavy (non-hydrogen) atoms. The maximum atomic E-state index is 9.50.